The van der Waals surface area contributed by atoms with Gasteiger partial charge in [0.2, 0.25) is 5.91 Å². The van der Waals surface area contributed by atoms with Crippen LogP contribution in [0.3, 0.4) is 0 Å². The van der Waals surface area contributed by atoms with Gasteiger partial charge in [-0.1, -0.05) is 12.1 Å². The zero-order chi connectivity index (χ0) is 22.0. The molecule has 7 heteroatoms. The summed E-state index contributed by atoms with van der Waals surface area (Å²) >= 11 is 1.55. The number of rotatable bonds is 5. The fourth-order valence-corrected chi connectivity index (χ4v) is 4.60. The van der Waals surface area contributed by atoms with E-state index in [1.54, 1.807) is 22.7 Å². The number of carbonyl (C=O) groups excluding carboxylic acids is 2. The first-order valence-corrected chi connectivity index (χ1v) is 10.9. The number of amides is 2. The molecule has 2 amide bonds. The molecule has 0 radical (unpaired) electrons. The number of nitrogens with one attached hydrogen (secondary N) is 1. The molecule has 1 aliphatic heterocycles. The van der Waals surface area contributed by atoms with E-state index < -0.39 is 0 Å². The van der Waals surface area contributed by atoms with Gasteiger partial charge in [0.05, 0.1) is 5.75 Å². The van der Waals surface area contributed by atoms with Crippen molar-refractivity contribution in [3.63, 3.8) is 0 Å². The van der Waals surface area contributed by atoms with Crippen molar-refractivity contribution in [1.82, 2.24) is 0 Å². The van der Waals surface area contributed by atoms with Crippen molar-refractivity contribution in [3.05, 3.63) is 89.7 Å². The van der Waals surface area contributed by atoms with Gasteiger partial charge in [-0.05, 0) is 66.2 Å². The Kier molecular flexibility index (Phi) is 5.95. The van der Waals surface area contributed by atoms with Crippen LogP contribution in [0.1, 0.15) is 21.3 Å². The molecule has 31 heavy (non-hydrogen) atoms. The van der Waals surface area contributed by atoms with E-state index >= 15 is 0 Å². The second-order valence-electron chi connectivity index (χ2n) is 7.42. The van der Waals surface area contributed by atoms with Crippen molar-refractivity contribution in [2.75, 3.05) is 35.0 Å². The van der Waals surface area contributed by atoms with Crippen LogP contribution in [0, 0.1) is 5.82 Å². The van der Waals surface area contributed by atoms with E-state index in [4.69, 9.17) is 0 Å². The smallest absolute Gasteiger partial charge is 0.255 e. The normalized spacial score (nSPS) is 15.8. The summed E-state index contributed by atoms with van der Waals surface area (Å²) in [6, 6.07) is 20.7. The van der Waals surface area contributed by atoms with Crippen molar-refractivity contribution in [2.24, 2.45) is 0 Å². The maximum atomic E-state index is 13.1. The molecule has 1 fully saturated rings. The second kappa shape index (κ2) is 8.81. The van der Waals surface area contributed by atoms with Crippen LogP contribution >= 0.6 is 11.8 Å². The minimum Gasteiger partial charge on any atom is -0.378 e. The molecule has 0 aliphatic carbocycles. The average molecular weight is 436 g/mol. The lowest BCUT2D eigenvalue weighted by atomic mass is 10.1. The van der Waals surface area contributed by atoms with Crippen molar-refractivity contribution >= 4 is 40.6 Å². The highest BCUT2D eigenvalue weighted by atomic mass is 32.2. The Bertz CT molecular complexity index is 1100. The highest BCUT2D eigenvalue weighted by Gasteiger charge is 2.34. The third kappa shape index (κ3) is 4.56. The van der Waals surface area contributed by atoms with Crippen LogP contribution in [0.5, 0.6) is 0 Å². The summed E-state index contributed by atoms with van der Waals surface area (Å²) in [6.07, 6.45) is 0. The Morgan fingerprint density at radius 1 is 1.06 bits per heavy atom. The summed E-state index contributed by atoms with van der Waals surface area (Å²) in [6.45, 7) is 0. The number of thioether (sulfide) groups is 1. The summed E-state index contributed by atoms with van der Waals surface area (Å²) in [7, 11) is 3.95. The summed E-state index contributed by atoms with van der Waals surface area (Å²) < 4.78 is 13.1. The number of hydrogen-bond donors (Lipinski definition) is 1. The molecule has 5 nitrogen and oxygen atoms in total. The number of carbonyl (C=O) groups is 2. The number of halogens is 1. The van der Waals surface area contributed by atoms with E-state index in [-0.39, 0.29) is 23.0 Å². The molecule has 0 spiro atoms. The predicted molar refractivity (Wildman–Crippen MR) is 124 cm³/mol. The number of benzene rings is 3. The van der Waals surface area contributed by atoms with E-state index in [1.165, 1.54) is 24.3 Å². The van der Waals surface area contributed by atoms with Crippen molar-refractivity contribution in [2.45, 2.75) is 5.37 Å². The van der Waals surface area contributed by atoms with Gasteiger partial charge in [0.15, 0.2) is 0 Å². The Balaban J connectivity index is 1.56. The highest BCUT2D eigenvalue weighted by molar-refractivity contribution is 8.00. The van der Waals surface area contributed by atoms with Gasteiger partial charge in [-0.2, -0.15) is 0 Å². The monoisotopic (exact) mass is 435 g/mol. The van der Waals surface area contributed by atoms with Gasteiger partial charge in [-0.25, -0.2) is 4.39 Å². The Hall–Kier alpha value is -3.32. The van der Waals surface area contributed by atoms with Gasteiger partial charge in [0.25, 0.3) is 5.91 Å². The maximum absolute atomic E-state index is 13.1. The molecule has 0 aromatic heterocycles. The summed E-state index contributed by atoms with van der Waals surface area (Å²) in [5.41, 5.74) is 3.82. The minimum atomic E-state index is -0.389. The first kappa shape index (κ1) is 20.9. The van der Waals surface area contributed by atoms with Crippen LogP contribution in [0.2, 0.25) is 0 Å². The third-order valence-electron chi connectivity index (χ3n) is 5.05. The lowest BCUT2D eigenvalue weighted by Gasteiger charge is -2.25. The van der Waals surface area contributed by atoms with Gasteiger partial charge in [-0.3, -0.25) is 14.5 Å². The Labute approximate surface area is 184 Å². The van der Waals surface area contributed by atoms with Crippen LogP contribution in [0.15, 0.2) is 72.8 Å². The molecule has 1 aliphatic rings. The van der Waals surface area contributed by atoms with E-state index in [9.17, 15) is 14.0 Å². The molecule has 1 N–H and O–H groups in total. The predicted octanol–water partition coefficient (Wildman–Crippen LogP) is 4.92. The van der Waals surface area contributed by atoms with Crippen molar-refractivity contribution in [1.29, 1.82) is 0 Å². The van der Waals surface area contributed by atoms with Crippen LogP contribution < -0.4 is 15.1 Å². The first-order chi connectivity index (χ1) is 14.9. The number of anilines is 3. The molecule has 158 valence electrons. The standard InChI is InChI=1S/C24H22FN3O2S/c1-27(2)20-10-12-21(13-11-20)28-22(29)15-31-24(28)17-4-3-5-19(14-17)26-23(30)16-6-8-18(25)9-7-16/h3-14,24H,15H2,1-2H3,(H,26,30)/t24-/m0/s1. The van der Waals surface area contributed by atoms with Crippen LogP contribution in [0.25, 0.3) is 0 Å². The SMILES string of the molecule is CN(C)c1ccc(N2C(=O)CS[C@H]2c2cccc(NC(=O)c3ccc(F)cc3)c2)cc1. The van der Waals surface area contributed by atoms with Gasteiger partial charge in [0.1, 0.15) is 11.2 Å². The first-order valence-electron chi connectivity index (χ1n) is 9.80. The Morgan fingerprint density at radius 2 is 1.77 bits per heavy atom. The second-order valence-corrected chi connectivity index (χ2v) is 8.49. The molecular weight excluding hydrogens is 413 g/mol. The lowest BCUT2D eigenvalue weighted by molar-refractivity contribution is -0.115. The van der Waals surface area contributed by atoms with Crippen molar-refractivity contribution < 1.29 is 14.0 Å². The molecule has 1 heterocycles. The van der Waals surface area contributed by atoms with Crippen LogP contribution in [-0.2, 0) is 4.79 Å². The molecule has 0 unspecified atom stereocenters. The lowest BCUT2D eigenvalue weighted by Crippen LogP contribution is -2.27. The molecular formula is C24H22FN3O2S. The number of hydrogen-bond acceptors (Lipinski definition) is 4. The van der Waals surface area contributed by atoms with Gasteiger partial charge >= 0.3 is 0 Å². The highest BCUT2D eigenvalue weighted by Crippen LogP contribution is 2.42. The fraction of sp³-hybridized carbons (Fsp3) is 0.167. The maximum Gasteiger partial charge on any atom is 0.255 e. The molecule has 1 saturated heterocycles. The summed E-state index contributed by atoms with van der Waals surface area (Å²) in [5.74, 6) is -0.260. The van der Waals surface area contributed by atoms with Crippen LogP contribution in [-0.4, -0.2) is 31.7 Å². The van der Waals surface area contributed by atoms with E-state index in [2.05, 4.69) is 5.32 Å². The van der Waals surface area contributed by atoms with Crippen molar-refractivity contribution in [3.8, 4) is 0 Å². The van der Waals surface area contributed by atoms with Gasteiger partial charge in [0, 0.05) is 36.7 Å². The third-order valence-corrected chi connectivity index (χ3v) is 6.26. The topological polar surface area (TPSA) is 52.6 Å². The zero-order valence-electron chi connectivity index (χ0n) is 17.2. The molecule has 1 atom stereocenters. The number of nitrogens with zero attached hydrogens (tertiary/aromatic N) is 2. The molecule has 0 bridgehead atoms. The molecule has 0 saturated carbocycles. The fourth-order valence-electron chi connectivity index (χ4n) is 3.44. The Morgan fingerprint density at radius 3 is 2.45 bits per heavy atom. The quantitative estimate of drug-likeness (QED) is 0.618. The average Bonchev–Trinajstić information content (AvgIpc) is 3.16. The molecule has 4 rings (SSSR count). The van der Waals surface area contributed by atoms with E-state index in [1.807, 2.05) is 61.5 Å². The summed E-state index contributed by atoms with van der Waals surface area (Å²) in [5, 5.41) is 2.67. The summed E-state index contributed by atoms with van der Waals surface area (Å²) in [4.78, 5) is 28.9. The minimum absolute atomic E-state index is 0.0494. The molecule has 3 aromatic rings. The van der Waals surface area contributed by atoms with E-state index in [0.29, 0.717) is 17.0 Å². The zero-order valence-corrected chi connectivity index (χ0v) is 18.0. The van der Waals surface area contributed by atoms with E-state index in [0.717, 1.165) is 16.9 Å². The van der Waals surface area contributed by atoms with Gasteiger partial charge in [-0.15, -0.1) is 11.8 Å². The largest absolute Gasteiger partial charge is 0.378 e. The van der Waals surface area contributed by atoms with Crippen LogP contribution in [0.4, 0.5) is 21.5 Å². The van der Waals surface area contributed by atoms with Gasteiger partial charge < -0.3 is 10.2 Å². The molecule has 3 aromatic carbocycles.